The first-order chi connectivity index (χ1) is 6.19. The summed E-state index contributed by atoms with van der Waals surface area (Å²) in [5, 5.41) is 23.6. The fourth-order valence-corrected chi connectivity index (χ4v) is 1.71. The van der Waals surface area contributed by atoms with Crippen LogP contribution in [0.4, 0.5) is 0 Å². The van der Waals surface area contributed by atoms with Crippen molar-refractivity contribution in [1.29, 1.82) is 0 Å². The predicted octanol–water partition coefficient (Wildman–Crippen LogP) is 2.10. The fraction of sp³-hybridized carbons (Fsp3) is 0.778. The van der Waals surface area contributed by atoms with Crippen LogP contribution >= 0.6 is 0 Å². The molecule has 0 bridgehead atoms. The summed E-state index contributed by atoms with van der Waals surface area (Å²) in [6, 6.07) is 0. The molecule has 0 amide bonds. The molecule has 4 nitrogen and oxygen atoms in total. The lowest BCUT2D eigenvalue weighted by molar-refractivity contribution is 0.301. The molecule has 1 atom stereocenters. The lowest BCUT2D eigenvalue weighted by atomic mass is 9.80. The highest BCUT2D eigenvalue weighted by molar-refractivity contribution is 6.42. The molecule has 0 saturated heterocycles. The minimum Gasteiger partial charge on any atom is -0.411 e. The maximum atomic E-state index is 8.69. The van der Waals surface area contributed by atoms with Crippen molar-refractivity contribution in [2.45, 2.75) is 33.1 Å². The molecule has 0 heterocycles. The van der Waals surface area contributed by atoms with Gasteiger partial charge in [-0.3, -0.25) is 0 Å². The van der Waals surface area contributed by atoms with Crippen molar-refractivity contribution in [3.05, 3.63) is 0 Å². The van der Waals surface area contributed by atoms with Gasteiger partial charge in [0, 0.05) is 0 Å². The number of oxime groups is 2. The van der Waals surface area contributed by atoms with Crippen LogP contribution in [0.2, 0.25) is 0 Å². The lowest BCUT2D eigenvalue weighted by Gasteiger charge is -2.25. The van der Waals surface area contributed by atoms with Crippen molar-refractivity contribution in [2.24, 2.45) is 22.1 Å². The number of hydrogen-bond acceptors (Lipinski definition) is 4. The van der Waals surface area contributed by atoms with Gasteiger partial charge in [0.1, 0.15) is 11.4 Å². The van der Waals surface area contributed by atoms with Gasteiger partial charge in [-0.2, -0.15) is 0 Å². The van der Waals surface area contributed by atoms with E-state index in [0.717, 1.165) is 6.42 Å². The Hall–Kier alpha value is -1.06. The van der Waals surface area contributed by atoms with Crippen molar-refractivity contribution in [3.63, 3.8) is 0 Å². The summed E-state index contributed by atoms with van der Waals surface area (Å²) in [5.41, 5.74) is 1.06. The molecule has 74 valence electrons. The van der Waals surface area contributed by atoms with Crippen LogP contribution in [0.5, 0.6) is 0 Å². The minimum absolute atomic E-state index is 0.527. The summed E-state index contributed by atoms with van der Waals surface area (Å²) in [7, 11) is 0. The molecule has 0 aromatic carbocycles. The summed E-state index contributed by atoms with van der Waals surface area (Å²) in [5.74, 6) is 1.12. The van der Waals surface area contributed by atoms with Gasteiger partial charge in [0.25, 0.3) is 0 Å². The van der Waals surface area contributed by atoms with E-state index >= 15 is 0 Å². The van der Waals surface area contributed by atoms with E-state index in [2.05, 4.69) is 24.2 Å². The van der Waals surface area contributed by atoms with Gasteiger partial charge in [-0.25, -0.2) is 0 Å². The number of rotatable bonds is 1. The Morgan fingerprint density at radius 2 is 1.85 bits per heavy atom. The SMILES string of the molecule is CC(C)C1CCC(=N\O)/C(=N/O)C1. The van der Waals surface area contributed by atoms with E-state index in [1.807, 2.05) is 0 Å². The van der Waals surface area contributed by atoms with Crippen molar-refractivity contribution in [1.82, 2.24) is 0 Å². The van der Waals surface area contributed by atoms with Crippen molar-refractivity contribution < 1.29 is 10.4 Å². The Morgan fingerprint density at radius 3 is 2.31 bits per heavy atom. The van der Waals surface area contributed by atoms with E-state index in [9.17, 15) is 0 Å². The quantitative estimate of drug-likeness (QED) is 0.484. The molecule has 1 rings (SSSR count). The van der Waals surface area contributed by atoms with Gasteiger partial charge < -0.3 is 10.4 Å². The van der Waals surface area contributed by atoms with Crippen LogP contribution in [0.15, 0.2) is 10.3 Å². The molecule has 0 aromatic heterocycles. The van der Waals surface area contributed by atoms with E-state index < -0.39 is 0 Å². The average Bonchev–Trinajstić information content (AvgIpc) is 2.16. The average molecular weight is 184 g/mol. The monoisotopic (exact) mass is 184 g/mol. The summed E-state index contributed by atoms with van der Waals surface area (Å²) < 4.78 is 0. The smallest absolute Gasteiger partial charge is 0.105 e. The molecule has 0 spiro atoms. The molecule has 0 radical (unpaired) electrons. The summed E-state index contributed by atoms with van der Waals surface area (Å²) in [4.78, 5) is 0. The molecule has 1 fully saturated rings. The Kier molecular flexibility index (Phi) is 3.28. The zero-order valence-electron chi connectivity index (χ0n) is 8.06. The van der Waals surface area contributed by atoms with E-state index in [1.165, 1.54) is 0 Å². The summed E-state index contributed by atoms with van der Waals surface area (Å²) >= 11 is 0. The van der Waals surface area contributed by atoms with Crippen LogP contribution in [-0.2, 0) is 0 Å². The minimum atomic E-state index is 0.527. The number of nitrogens with zero attached hydrogens (tertiary/aromatic N) is 2. The van der Waals surface area contributed by atoms with Gasteiger partial charge in [-0.15, -0.1) is 0 Å². The molecular weight excluding hydrogens is 168 g/mol. The second-order valence-electron chi connectivity index (χ2n) is 3.84. The van der Waals surface area contributed by atoms with Crippen molar-refractivity contribution in [2.75, 3.05) is 0 Å². The van der Waals surface area contributed by atoms with Gasteiger partial charge in [0.05, 0.1) is 0 Å². The highest BCUT2D eigenvalue weighted by Gasteiger charge is 2.26. The topological polar surface area (TPSA) is 65.2 Å². The number of hydrogen-bond donors (Lipinski definition) is 2. The van der Waals surface area contributed by atoms with E-state index in [-0.39, 0.29) is 0 Å². The summed E-state index contributed by atoms with van der Waals surface area (Å²) in [6.45, 7) is 4.31. The third-order valence-electron chi connectivity index (χ3n) is 2.72. The molecule has 1 aliphatic carbocycles. The zero-order chi connectivity index (χ0) is 9.84. The Bertz CT molecular complexity index is 234. The van der Waals surface area contributed by atoms with Crippen LogP contribution in [0.3, 0.4) is 0 Å². The maximum Gasteiger partial charge on any atom is 0.105 e. The fourth-order valence-electron chi connectivity index (χ4n) is 1.71. The highest BCUT2D eigenvalue weighted by Crippen LogP contribution is 2.27. The molecular formula is C9H16N2O2. The Balaban J connectivity index is 2.69. The standard InChI is InChI=1S/C9H16N2O2/c1-6(2)7-3-4-8(10-12)9(5-7)11-13/h6-7,12-13H,3-5H2,1-2H3/b10-8+,11-9+. The summed E-state index contributed by atoms with van der Waals surface area (Å²) in [6.07, 6.45) is 2.43. The predicted molar refractivity (Wildman–Crippen MR) is 50.6 cm³/mol. The highest BCUT2D eigenvalue weighted by atomic mass is 16.4. The van der Waals surface area contributed by atoms with E-state index in [0.29, 0.717) is 36.1 Å². The van der Waals surface area contributed by atoms with Gasteiger partial charge in [-0.05, 0) is 31.1 Å². The first-order valence-corrected chi connectivity index (χ1v) is 4.61. The zero-order valence-corrected chi connectivity index (χ0v) is 8.06. The largest absolute Gasteiger partial charge is 0.411 e. The normalized spacial score (nSPS) is 30.2. The van der Waals surface area contributed by atoms with Crippen molar-refractivity contribution >= 4 is 11.4 Å². The van der Waals surface area contributed by atoms with Gasteiger partial charge in [0.2, 0.25) is 0 Å². The van der Waals surface area contributed by atoms with Crippen molar-refractivity contribution in [3.8, 4) is 0 Å². The maximum absolute atomic E-state index is 8.69. The van der Waals surface area contributed by atoms with Crippen LogP contribution < -0.4 is 0 Å². The van der Waals surface area contributed by atoms with Gasteiger partial charge in [0.15, 0.2) is 0 Å². The third kappa shape index (κ3) is 2.20. The van der Waals surface area contributed by atoms with Crippen LogP contribution in [0.25, 0.3) is 0 Å². The first-order valence-electron chi connectivity index (χ1n) is 4.61. The molecule has 1 unspecified atom stereocenters. The molecule has 0 aliphatic heterocycles. The molecule has 1 aliphatic rings. The van der Waals surface area contributed by atoms with E-state index in [4.69, 9.17) is 10.4 Å². The second kappa shape index (κ2) is 4.25. The van der Waals surface area contributed by atoms with Gasteiger partial charge >= 0.3 is 0 Å². The van der Waals surface area contributed by atoms with Crippen LogP contribution in [-0.4, -0.2) is 21.8 Å². The molecule has 4 heteroatoms. The van der Waals surface area contributed by atoms with Crippen LogP contribution in [0, 0.1) is 11.8 Å². The Morgan fingerprint density at radius 1 is 1.23 bits per heavy atom. The molecule has 2 N–H and O–H groups in total. The Labute approximate surface area is 77.9 Å². The third-order valence-corrected chi connectivity index (χ3v) is 2.72. The molecule has 0 aromatic rings. The van der Waals surface area contributed by atoms with E-state index in [1.54, 1.807) is 0 Å². The van der Waals surface area contributed by atoms with Crippen LogP contribution in [0.1, 0.15) is 33.1 Å². The molecule has 1 saturated carbocycles. The first kappa shape index (κ1) is 10.0. The van der Waals surface area contributed by atoms with Gasteiger partial charge in [-0.1, -0.05) is 24.2 Å². The second-order valence-corrected chi connectivity index (χ2v) is 3.84. The molecule has 13 heavy (non-hydrogen) atoms. The lowest BCUT2D eigenvalue weighted by Crippen LogP contribution is -2.27.